The van der Waals surface area contributed by atoms with Gasteiger partial charge in [-0.15, -0.1) is 0 Å². The zero-order valence-electron chi connectivity index (χ0n) is 14.3. The Balaban J connectivity index is 2.17. The van der Waals surface area contributed by atoms with Gasteiger partial charge in [0.05, 0.1) is 13.2 Å². The third kappa shape index (κ3) is 4.85. The first-order valence-corrected chi connectivity index (χ1v) is 8.01. The number of methoxy groups -OCH3 is 1. The van der Waals surface area contributed by atoms with Crippen LogP contribution in [-0.4, -0.2) is 13.0 Å². The van der Waals surface area contributed by atoms with Gasteiger partial charge in [-0.1, -0.05) is 43.7 Å². The predicted octanol–water partition coefficient (Wildman–Crippen LogP) is 4.52. The van der Waals surface area contributed by atoms with Crippen LogP contribution in [0.1, 0.15) is 47.8 Å². The van der Waals surface area contributed by atoms with Gasteiger partial charge in [-0.25, -0.2) is 0 Å². The van der Waals surface area contributed by atoms with Crippen LogP contribution in [0.2, 0.25) is 0 Å². The molecule has 23 heavy (non-hydrogen) atoms. The molecular weight excluding hydrogens is 286 g/mol. The standard InChI is InChI=1S/C20H25NO2/c1-14(2)13-19(16-9-11-18(23-4)12-10-16)21-20(22)17-7-5-15(3)6-8-17/h5-12,14,19H,13H2,1-4H3,(H,21,22)/t19-/m0/s1. The molecule has 3 heteroatoms. The molecule has 0 saturated heterocycles. The van der Waals surface area contributed by atoms with E-state index in [2.05, 4.69) is 19.2 Å². The molecule has 0 aliphatic rings. The highest BCUT2D eigenvalue weighted by atomic mass is 16.5. The molecule has 1 atom stereocenters. The fourth-order valence-corrected chi connectivity index (χ4v) is 2.53. The number of amides is 1. The summed E-state index contributed by atoms with van der Waals surface area (Å²) in [5.74, 6) is 1.27. The maximum Gasteiger partial charge on any atom is 0.251 e. The summed E-state index contributed by atoms with van der Waals surface area (Å²) >= 11 is 0. The van der Waals surface area contributed by atoms with Crippen molar-refractivity contribution in [3.63, 3.8) is 0 Å². The second-order valence-corrected chi connectivity index (χ2v) is 6.29. The Morgan fingerprint density at radius 3 is 2.17 bits per heavy atom. The molecule has 0 aromatic heterocycles. The van der Waals surface area contributed by atoms with Crippen LogP contribution in [0.3, 0.4) is 0 Å². The molecule has 0 spiro atoms. The predicted molar refractivity (Wildman–Crippen MR) is 93.8 cm³/mol. The van der Waals surface area contributed by atoms with E-state index < -0.39 is 0 Å². The van der Waals surface area contributed by atoms with Crippen molar-refractivity contribution in [1.82, 2.24) is 5.32 Å². The molecule has 122 valence electrons. The van der Waals surface area contributed by atoms with E-state index in [-0.39, 0.29) is 11.9 Å². The number of rotatable bonds is 6. The molecule has 2 rings (SSSR count). The lowest BCUT2D eigenvalue weighted by Gasteiger charge is -2.21. The monoisotopic (exact) mass is 311 g/mol. The van der Waals surface area contributed by atoms with E-state index in [1.807, 2.05) is 55.5 Å². The van der Waals surface area contributed by atoms with Crippen LogP contribution in [0.15, 0.2) is 48.5 Å². The Kier molecular flexibility index (Phi) is 5.80. The highest BCUT2D eigenvalue weighted by Gasteiger charge is 2.17. The van der Waals surface area contributed by atoms with Crippen molar-refractivity contribution >= 4 is 5.91 Å². The Morgan fingerprint density at radius 1 is 1.04 bits per heavy atom. The van der Waals surface area contributed by atoms with Gasteiger partial charge in [-0.2, -0.15) is 0 Å². The van der Waals surface area contributed by atoms with Crippen molar-refractivity contribution in [1.29, 1.82) is 0 Å². The minimum Gasteiger partial charge on any atom is -0.497 e. The van der Waals surface area contributed by atoms with E-state index in [1.165, 1.54) is 0 Å². The van der Waals surface area contributed by atoms with E-state index in [1.54, 1.807) is 7.11 Å². The first kappa shape index (κ1) is 17.1. The molecule has 0 unspecified atom stereocenters. The number of hydrogen-bond acceptors (Lipinski definition) is 2. The maximum absolute atomic E-state index is 12.5. The average Bonchev–Trinajstić information content (AvgIpc) is 2.54. The third-order valence-electron chi connectivity index (χ3n) is 3.84. The molecule has 0 bridgehead atoms. The van der Waals surface area contributed by atoms with Gasteiger partial charge >= 0.3 is 0 Å². The molecule has 2 aromatic carbocycles. The normalized spacial score (nSPS) is 12.0. The number of carbonyl (C=O) groups excluding carboxylic acids is 1. The molecule has 3 nitrogen and oxygen atoms in total. The van der Waals surface area contributed by atoms with E-state index in [0.29, 0.717) is 11.5 Å². The molecule has 0 radical (unpaired) electrons. The van der Waals surface area contributed by atoms with Crippen molar-refractivity contribution in [3.05, 3.63) is 65.2 Å². The first-order chi connectivity index (χ1) is 11.0. The second-order valence-electron chi connectivity index (χ2n) is 6.29. The topological polar surface area (TPSA) is 38.3 Å². The number of aryl methyl sites for hydroxylation is 1. The molecular formula is C20H25NO2. The number of nitrogens with one attached hydrogen (secondary N) is 1. The number of benzene rings is 2. The lowest BCUT2D eigenvalue weighted by atomic mass is 9.96. The van der Waals surface area contributed by atoms with Crippen molar-refractivity contribution in [3.8, 4) is 5.75 Å². The molecule has 0 fully saturated rings. The van der Waals surface area contributed by atoms with Gasteiger partial charge in [0, 0.05) is 5.56 Å². The highest BCUT2D eigenvalue weighted by Crippen LogP contribution is 2.24. The molecule has 1 N–H and O–H groups in total. The summed E-state index contributed by atoms with van der Waals surface area (Å²) in [6.07, 6.45) is 0.893. The van der Waals surface area contributed by atoms with Crippen LogP contribution in [0.4, 0.5) is 0 Å². The van der Waals surface area contributed by atoms with Gasteiger partial charge in [0.1, 0.15) is 5.75 Å². The minimum absolute atomic E-state index is 0.00490. The van der Waals surface area contributed by atoms with E-state index in [4.69, 9.17) is 4.74 Å². The van der Waals surface area contributed by atoms with Crippen molar-refractivity contribution in [2.24, 2.45) is 5.92 Å². The van der Waals surface area contributed by atoms with E-state index >= 15 is 0 Å². The van der Waals surface area contributed by atoms with Crippen molar-refractivity contribution in [2.75, 3.05) is 7.11 Å². The minimum atomic E-state index is -0.0357. The zero-order chi connectivity index (χ0) is 16.8. The summed E-state index contributed by atoms with van der Waals surface area (Å²) < 4.78 is 5.20. The lowest BCUT2D eigenvalue weighted by Crippen LogP contribution is -2.29. The van der Waals surface area contributed by atoms with Gasteiger partial charge in [0.25, 0.3) is 5.91 Å². The van der Waals surface area contributed by atoms with Gasteiger partial charge in [-0.3, -0.25) is 4.79 Å². The molecule has 0 heterocycles. The smallest absolute Gasteiger partial charge is 0.251 e. The summed E-state index contributed by atoms with van der Waals surface area (Å²) in [4.78, 5) is 12.5. The molecule has 0 aliphatic heterocycles. The van der Waals surface area contributed by atoms with Gasteiger partial charge in [-0.05, 0) is 49.1 Å². The Morgan fingerprint density at radius 2 is 1.65 bits per heavy atom. The summed E-state index contributed by atoms with van der Waals surface area (Å²) in [7, 11) is 1.65. The van der Waals surface area contributed by atoms with Gasteiger partial charge in [0.2, 0.25) is 0 Å². The molecule has 0 saturated carbocycles. The van der Waals surface area contributed by atoms with Crippen LogP contribution in [0, 0.1) is 12.8 Å². The average molecular weight is 311 g/mol. The number of carbonyl (C=O) groups is 1. The maximum atomic E-state index is 12.5. The summed E-state index contributed by atoms with van der Waals surface area (Å²) in [5.41, 5.74) is 2.94. The zero-order valence-corrected chi connectivity index (χ0v) is 14.3. The van der Waals surface area contributed by atoms with Crippen LogP contribution >= 0.6 is 0 Å². The fourth-order valence-electron chi connectivity index (χ4n) is 2.53. The summed E-state index contributed by atoms with van der Waals surface area (Å²) in [5, 5.41) is 3.16. The quantitative estimate of drug-likeness (QED) is 0.851. The van der Waals surface area contributed by atoms with Gasteiger partial charge in [0.15, 0.2) is 0 Å². The molecule has 1 amide bonds. The lowest BCUT2D eigenvalue weighted by molar-refractivity contribution is 0.0932. The van der Waals surface area contributed by atoms with Crippen LogP contribution < -0.4 is 10.1 Å². The van der Waals surface area contributed by atoms with Gasteiger partial charge < -0.3 is 10.1 Å². The van der Waals surface area contributed by atoms with Crippen molar-refractivity contribution in [2.45, 2.75) is 33.2 Å². The van der Waals surface area contributed by atoms with E-state index in [9.17, 15) is 4.79 Å². The fraction of sp³-hybridized carbons (Fsp3) is 0.350. The highest BCUT2D eigenvalue weighted by molar-refractivity contribution is 5.94. The van der Waals surface area contributed by atoms with Crippen LogP contribution in [-0.2, 0) is 0 Å². The Hall–Kier alpha value is -2.29. The molecule has 0 aliphatic carbocycles. The first-order valence-electron chi connectivity index (χ1n) is 8.01. The largest absolute Gasteiger partial charge is 0.497 e. The van der Waals surface area contributed by atoms with Crippen LogP contribution in [0.5, 0.6) is 5.75 Å². The summed E-state index contributed by atoms with van der Waals surface area (Å²) in [6.45, 7) is 6.34. The Bertz CT molecular complexity index is 630. The third-order valence-corrected chi connectivity index (χ3v) is 3.84. The SMILES string of the molecule is COc1ccc([C@H](CC(C)C)NC(=O)c2ccc(C)cc2)cc1. The second kappa shape index (κ2) is 7.82. The summed E-state index contributed by atoms with van der Waals surface area (Å²) in [6, 6.07) is 15.5. The van der Waals surface area contributed by atoms with Crippen LogP contribution in [0.25, 0.3) is 0 Å². The van der Waals surface area contributed by atoms with Crippen molar-refractivity contribution < 1.29 is 9.53 Å². The Labute approximate surface area is 138 Å². The van der Waals surface area contributed by atoms with E-state index in [0.717, 1.165) is 23.3 Å². The number of ether oxygens (including phenoxy) is 1. The molecule has 2 aromatic rings. The number of hydrogen-bond donors (Lipinski definition) is 1.